The fourth-order valence-electron chi connectivity index (χ4n) is 1.60. The third-order valence-corrected chi connectivity index (χ3v) is 2.27. The Hall–Kier alpha value is -1.16. The molecule has 16 heavy (non-hydrogen) atoms. The molecule has 1 heterocycles. The van der Waals surface area contributed by atoms with E-state index in [1.165, 1.54) is 0 Å². The van der Waals surface area contributed by atoms with Crippen molar-refractivity contribution in [1.82, 2.24) is 15.1 Å². The highest BCUT2D eigenvalue weighted by Gasteiger charge is 2.07. The maximum absolute atomic E-state index is 12.0. The smallest absolute Gasteiger partial charge is 0.271 e. The maximum Gasteiger partial charge on any atom is 0.271 e. The molecule has 0 saturated heterocycles. The minimum Gasteiger partial charge on any atom is -0.313 e. The van der Waals surface area contributed by atoms with E-state index < -0.39 is 0 Å². The van der Waals surface area contributed by atoms with E-state index in [0.717, 1.165) is 17.8 Å². The summed E-state index contributed by atoms with van der Waals surface area (Å²) in [6.45, 7) is 10.3. The van der Waals surface area contributed by atoms with Crippen molar-refractivity contribution >= 4 is 0 Å². The molecule has 4 heteroatoms. The van der Waals surface area contributed by atoms with E-state index >= 15 is 0 Å². The minimum atomic E-state index is 0.0280. The zero-order valence-corrected chi connectivity index (χ0v) is 10.6. The molecular weight excluding hydrogens is 202 g/mol. The molecule has 0 bridgehead atoms. The molecule has 0 spiro atoms. The Kier molecular flexibility index (Phi) is 4.68. The number of hydrogen-bond acceptors (Lipinski definition) is 3. The standard InChI is InChI=1S/C12H21N3O/c1-5-13-7-11-6-10(4)14-15(12(11)16)8-9(2)3/h6,9,13H,5,7-8H2,1-4H3. The van der Waals surface area contributed by atoms with Gasteiger partial charge in [0.2, 0.25) is 0 Å². The van der Waals surface area contributed by atoms with Crippen molar-refractivity contribution in [2.24, 2.45) is 5.92 Å². The Bertz CT molecular complexity index is 396. The second-order valence-electron chi connectivity index (χ2n) is 4.47. The van der Waals surface area contributed by atoms with Crippen molar-refractivity contribution in [2.45, 2.75) is 40.8 Å². The summed E-state index contributed by atoms with van der Waals surface area (Å²) < 4.78 is 1.58. The first-order valence-electron chi connectivity index (χ1n) is 5.83. The minimum absolute atomic E-state index is 0.0280. The number of nitrogens with zero attached hydrogens (tertiary/aromatic N) is 2. The van der Waals surface area contributed by atoms with Crippen LogP contribution in [0.5, 0.6) is 0 Å². The molecule has 4 nitrogen and oxygen atoms in total. The Morgan fingerprint density at radius 2 is 2.19 bits per heavy atom. The summed E-state index contributed by atoms with van der Waals surface area (Å²) in [7, 11) is 0. The van der Waals surface area contributed by atoms with Gasteiger partial charge in [-0.15, -0.1) is 0 Å². The number of aromatic nitrogens is 2. The van der Waals surface area contributed by atoms with Gasteiger partial charge in [-0.25, -0.2) is 4.68 Å². The van der Waals surface area contributed by atoms with Crippen molar-refractivity contribution in [3.63, 3.8) is 0 Å². The first-order valence-corrected chi connectivity index (χ1v) is 5.83. The third kappa shape index (κ3) is 3.45. The van der Waals surface area contributed by atoms with Crippen LogP contribution >= 0.6 is 0 Å². The molecule has 0 amide bonds. The lowest BCUT2D eigenvalue weighted by atomic mass is 10.2. The van der Waals surface area contributed by atoms with E-state index in [1.807, 2.05) is 19.9 Å². The topological polar surface area (TPSA) is 46.9 Å². The first-order chi connectivity index (χ1) is 7.54. The largest absolute Gasteiger partial charge is 0.313 e. The van der Waals surface area contributed by atoms with Gasteiger partial charge < -0.3 is 5.32 Å². The van der Waals surface area contributed by atoms with Crippen LogP contribution in [0.3, 0.4) is 0 Å². The average molecular weight is 223 g/mol. The van der Waals surface area contributed by atoms with Crippen molar-refractivity contribution in [3.8, 4) is 0 Å². The fourth-order valence-corrected chi connectivity index (χ4v) is 1.60. The summed E-state index contributed by atoms with van der Waals surface area (Å²) in [6, 6.07) is 1.86. The molecule has 1 rings (SSSR count). The van der Waals surface area contributed by atoms with Gasteiger partial charge in [0.15, 0.2) is 0 Å². The molecule has 0 atom stereocenters. The van der Waals surface area contributed by atoms with Crippen LogP contribution in [-0.4, -0.2) is 16.3 Å². The summed E-state index contributed by atoms with van der Waals surface area (Å²) in [5, 5.41) is 7.43. The van der Waals surface area contributed by atoms with E-state index in [4.69, 9.17) is 0 Å². The highest BCUT2D eigenvalue weighted by atomic mass is 16.1. The second-order valence-corrected chi connectivity index (χ2v) is 4.47. The Morgan fingerprint density at radius 3 is 2.75 bits per heavy atom. The summed E-state index contributed by atoms with van der Waals surface area (Å²) in [4.78, 5) is 12.0. The van der Waals surface area contributed by atoms with Crippen LogP contribution in [-0.2, 0) is 13.1 Å². The molecule has 0 fully saturated rings. The highest BCUT2D eigenvalue weighted by molar-refractivity contribution is 5.12. The first kappa shape index (κ1) is 12.9. The molecular formula is C12H21N3O. The van der Waals surface area contributed by atoms with Gasteiger partial charge in [0, 0.05) is 18.7 Å². The SMILES string of the molecule is CCNCc1cc(C)nn(CC(C)C)c1=O. The van der Waals surface area contributed by atoms with Crippen LogP contribution in [0.15, 0.2) is 10.9 Å². The van der Waals surface area contributed by atoms with Crippen molar-refractivity contribution in [1.29, 1.82) is 0 Å². The van der Waals surface area contributed by atoms with Gasteiger partial charge in [0.25, 0.3) is 5.56 Å². The zero-order valence-electron chi connectivity index (χ0n) is 10.6. The number of nitrogens with one attached hydrogen (secondary N) is 1. The zero-order chi connectivity index (χ0) is 12.1. The molecule has 0 aliphatic rings. The monoisotopic (exact) mass is 223 g/mol. The van der Waals surface area contributed by atoms with Crippen LogP contribution in [0.25, 0.3) is 0 Å². The van der Waals surface area contributed by atoms with Crippen LogP contribution in [0.1, 0.15) is 32.0 Å². The number of hydrogen-bond donors (Lipinski definition) is 1. The summed E-state index contributed by atoms with van der Waals surface area (Å²) >= 11 is 0. The van der Waals surface area contributed by atoms with Gasteiger partial charge in [0.05, 0.1) is 5.69 Å². The number of aryl methyl sites for hydroxylation is 1. The average Bonchev–Trinajstić information content (AvgIpc) is 2.20. The van der Waals surface area contributed by atoms with Gasteiger partial charge >= 0.3 is 0 Å². The Labute approximate surface area is 96.7 Å². The quantitative estimate of drug-likeness (QED) is 0.819. The fraction of sp³-hybridized carbons (Fsp3) is 0.667. The molecule has 1 aromatic heterocycles. The van der Waals surface area contributed by atoms with E-state index in [0.29, 0.717) is 19.0 Å². The van der Waals surface area contributed by atoms with Gasteiger partial charge in [0.1, 0.15) is 0 Å². The lowest BCUT2D eigenvalue weighted by Crippen LogP contribution is -2.31. The molecule has 90 valence electrons. The lowest BCUT2D eigenvalue weighted by molar-refractivity contribution is 0.456. The van der Waals surface area contributed by atoms with Crippen molar-refractivity contribution in [3.05, 3.63) is 27.7 Å². The number of rotatable bonds is 5. The molecule has 0 aromatic carbocycles. The normalized spacial score (nSPS) is 11.1. The second kappa shape index (κ2) is 5.80. The van der Waals surface area contributed by atoms with Crippen molar-refractivity contribution < 1.29 is 0 Å². The molecule has 1 aromatic rings. The van der Waals surface area contributed by atoms with Crippen LogP contribution in [0, 0.1) is 12.8 Å². The predicted octanol–water partition coefficient (Wildman–Crippen LogP) is 1.32. The maximum atomic E-state index is 12.0. The summed E-state index contributed by atoms with van der Waals surface area (Å²) in [6.07, 6.45) is 0. The molecule has 0 unspecified atom stereocenters. The van der Waals surface area contributed by atoms with Crippen LogP contribution < -0.4 is 10.9 Å². The van der Waals surface area contributed by atoms with E-state index in [-0.39, 0.29) is 5.56 Å². The van der Waals surface area contributed by atoms with Gasteiger partial charge in [-0.1, -0.05) is 20.8 Å². The third-order valence-electron chi connectivity index (χ3n) is 2.27. The molecule has 0 aliphatic heterocycles. The van der Waals surface area contributed by atoms with E-state index in [2.05, 4.69) is 24.3 Å². The van der Waals surface area contributed by atoms with Gasteiger partial charge in [-0.05, 0) is 25.5 Å². The Morgan fingerprint density at radius 1 is 1.50 bits per heavy atom. The van der Waals surface area contributed by atoms with E-state index in [9.17, 15) is 4.79 Å². The van der Waals surface area contributed by atoms with Crippen molar-refractivity contribution in [2.75, 3.05) is 6.54 Å². The lowest BCUT2D eigenvalue weighted by Gasteiger charge is -2.10. The molecule has 0 radical (unpaired) electrons. The summed E-state index contributed by atoms with van der Waals surface area (Å²) in [5.41, 5.74) is 1.73. The Balaban J connectivity index is 3.01. The van der Waals surface area contributed by atoms with E-state index in [1.54, 1.807) is 4.68 Å². The predicted molar refractivity (Wildman–Crippen MR) is 65.5 cm³/mol. The van der Waals surface area contributed by atoms with Gasteiger partial charge in [-0.2, -0.15) is 5.10 Å². The van der Waals surface area contributed by atoms with Crippen LogP contribution in [0.4, 0.5) is 0 Å². The van der Waals surface area contributed by atoms with Gasteiger partial charge in [-0.3, -0.25) is 4.79 Å². The highest BCUT2D eigenvalue weighted by Crippen LogP contribution is 1.99. The summed E-state index contributed by atoms with van der Waals surface area (Å²) in [5.74, 6) is 0.430. The molecule has 1 N–H and O–H groups in total. The molecule has 0 aliphatic carbocycles. The molecule has 0 saturated carbocycles. The van der Waals surface area contributed by atoms with Crippen LogP contribution in [0.2, 0.25) is 0 Å².